The van der Waals surface area contributed by atoms with E-state index < -0.39 is 10.0 Å². The van der Waals surface area contributed by atoms with Crippen molar-refractivity contribution in [3.05, 3.63) is 29.3 Å². The molecular formula is C17H23ClN2O2S. The molecule has 3 aliphatic rings. The van der Waals surface area contributed by atoms with E-state index in [1.165, 1.54) is 25.7 Å². The first kappa shape index (κ1) is 15.9. The van der Waals surface area contributed by atoms with Crippen molar-refractivity contribution in [2.75, 3.05) is 26.2 Å². The van der Waals surface area contributed by atoms with Crippen LogP contribution in [-0.2, 0) is 10.0 Å². The van der Waals surface area contributed by atoms with Gasteiger partial charge in [0.25, 0.3) is 0 Å². The molecule has 2 saturated carbocycles. The molecule has 1 heterocycles. The molecule has 0 aromatic heterocycles. The lowest BCUT2D eigenvalue weighted by Gasteiger charge is -2.40. The summed E-state index contributed by atoms with van der Waals surface area (Å²) >= 11 is 5.86. The molecule has 126 valence electrons. The highest BCUT2D eigenvalue weighted by Crippen LogP contribution is 2.46. The van der Waals surface area contributed by atoms with E-state index in [2.05, 4.69) is 4.90 Å². The molecule has 1 saturated heterocycles. The van der Waals surface area contributed by atoms with Gasteiger partial charge in [0.2, 0.25) is 10.0 Å². The maximum atomic E-state index is 12.7. The smallest absolute Gasteiger partial charge is 0.243 e. The number of hydrogen-bond acceptors (Lipinski definition) is 3. The van der Waals surface area contributed by atoms with E-state index in [1.54, 1.807) is 28.6 Å². The summed E-state index contributed by atoms with van der Waals surface area (Å²) in [7, 11) is -3.39. The minimum Gasteiger partial charge on any atom is -0.297 e. The summed E-state index contributed by atoms with van der Waals surface area (Å²) in [5.41, 5.74) is 0. The van der Waals surface area contributed by atoms with Crippen LogP contribution in [0, 0.1) is 11.8 Å². The topological polar surface area (TPSA) is 40.6 Å². The first-order valence-corrected chi connectivity index (χ1v) is 10.4. The predicted molar refractivity (Wildman–Crippen MR) is 91.0 cm³/mol. The van der Waals surface area contributed by atoms with Crippen molar-refractivity contribution in [1.29, 1.82) is 0 Å². The number of piperazine rings is 1. The fourth-order valence-electron chi connectivity index (χ4n) is 4.69. The van der Waals surface area contributed by atoms with Gasteiger partial charge in [0.15, 0.2) is 0 Å². The molecule has 2 bridgehead atoms. The van der Waals surface area contributed by atoms with Crippen molar-refractivity contribution < 1.29 is 8.42 Å². The number of hydrogen-bond donors (Lipinski definition) is 0. The van der Waals surface area contributed by atoms with Gasteiger partial charge < -0.3 is 0 Å². The highest BCUT2D eigenvalue weighted by atomic mass is 35.5. The normalized spacial score (nSPS) is 32.5. The van der Waals surface area contributed by atoms with Crippen LogP contribution in [0.3, 0.4) is 0 Å². The molecule has 2 aliphatic carbocycles. The summed E-state index contributed by atoms with van der Waals surface area (Å²) in [4.78, 5) is 2.88. The first-order chi connectivity index (χ1) is 11.0. The summed E-state index contributed by atoms with van der Waals surface area (Å²) in [6.45, 7) is 2.92. The number of sulfonamides is 1. The molecule has 3 atom stereocenters. The van der Waals surface area contributed by atoms with E-state index in [0.29, 0.717) is 29.0 Å². The number of halogens is 1. The Bertz CT molecular complexity index is 668. The fraction of sp³-hybridized carbons (Fsp3) is 0.647. The third-order valence-electron chi connectivity index (χ3n) is 5.89. The maximum Gasteiger partial charge on any atom is 0.243 e. The second kappa shape index (κ2) is 6.03. The Morgan fingerprint density at radius 3 is 2.22 bits per heavy atom. The Labute approximate surface area is 143 Å². The Balaban J connectivity index is 1.42. The molecule has 1 aromatic rings. The average molecular weight is 355 g/mol. The van der Waals surface area contributed by atoms with E-state index in [1.807, 2.05) is 0 Å². The van der Waals surface area contributed by atoms with Crippen molar-refractivity contribution in [3.63, 3.8) is 0 Å². The number of benzene rings is 1. The lowest BCUT2D eigenvalue weighted by molar-refractivity contribution is 0.101. The third-order valence-corrected chi connectivity index (χ3v) is 8.06. The molecular weight excluding hydrogens is 332 g/mol. The highest BCUT2D eigenvalue weighted by Gasteiger charge is 2.43. The molecule has 0 radical (unpaired) electrons. The number of nitrogens with zero attached hydrogens (tertiary/aromatic N) is 2. The van der Waals surface area contributed by atoms with Crippen LogP contribution in [-0.4, -0.2) is 49.8 Å². The van der Waals surface area contributed by atoms with Crippen LogP contribution in [0.15, 0.2) is 29.2 Å². The van der Waals surface area contributed by atoms with Crippen LogP contribution in [0.25, 0.3) is 0 Å². The molecule has 0 amide bonds. The molecule has 4 nitrogen and oxygen atoms in total. The minimum atomic E-state index is -3.39. The zero-order chi connectivity index (χ0) is 16.0. The SMILES string of the molecule is O=S(=O)(c1ccc(Cl)cc1)N1CCN([C@@H]2C[C@@H]3CC[C@@H]2C3)CC1. The van der Waals surface area contributed by atoms with Gasteiger partial charge in [-0.05, 0) is 55.4 Å². The molecule has 1 aliphatic heterocycles. The largest absolute Gasteiger partial charge is 0.297 e. The van der Waals surface area contributed by atoms with Gasteiger partial charge in [0.05, 0.1) is 4.90 Å². The van der Waals surface area contributed by atoms with Crippen LogP contribution in [0.2, 0.25) is 5.02 Å². The van der Waals surface area contributed by atoms with E-state index in [0.717, 1.165) is 24.9 Å². The van der Waals surface area contributed by atoms with Crippen LogP contribution >= 0.6 is 11.6 Å². The summed E-state index contributed by atoms with van der Waals surface area (Å²) in [6, 6.07) is 7.17. The molecule has 0 N–H and O–H groups in total. The summed E-state index contributed by atoms with van der Waals surface area (Å²) < 4.78 is 27.1. The van der Waals surface area contributed by atoms with Gasteiger partial charge in [-0.3, -0.25) is 4.90 Å². The number of fused-ring (bicyclic) bond motifs is 2. The molecule has 0 unspecified atom stereocenters. The highest BCUT2D eigenvalue weighted by molar-refractivity contribution is 7.89. The van der Waals surface area contributed by atoms with Crippen molar-refractivity contribution in [2.45, 2.75) is 36.6 Å². The summed E-state index contributed by atoms with van der Waals surface area (Å²) in [6.07, 6.45) is 5.51. The van der Waals surface area contributed by atoms with Gasteiger partial charge >= 0.3 is 0 Å². The molecule has 3 fully saturated rings. The van der Waals surface area contributed by atoms with Crippen LogP contribution in [0.1, 0.15) is 25.7 Å². The summed E-state index contributed by atoms with van der Waals surface area (Å²) in [5, 5.41) is 0.560. The van der Waals surface area contributed by atoms with E-state index in [4.69, 9.17) is 11.6 Å². The second-order valence-corrected chi connectivity index (χ2v) is 9.51. The molecule has 0 spiro atoms. The molecule has 1 aromatic carbocycles. The molecule has 23 heavy (non-hydrogen) atoms. The van der Waals surface area contributed by atoms with E-state index in [9.17, 15) is 8.42 Å². The molecule has 4 rings (SSSR count). The Morgan fingerprint density at radius 2 is 1.65 bits per heavy atom. The first-order valence-electron chi connectivity index (χ1n) is 8.54. The fourth-order valence-corrected chi connectivity index (χ4v) is 6.24. The third kappa shape index (κ3) is 2.93. The van der Waals surface area contributed by atoms with Gasteiger partial charge in [-0.1, -0.05) is 18.0 Å². The van der Waals surface area contributed by atoms with Crippen molar-refractivity contribution in [1.82, 2.24) is 9.21 Å². The van der Waals surface area contributed by atoms with Crippen LogP contribution < -0.4 is 0 Å². The summed E-state index contributed by atoms with van der Waals surface area (Å²) in [5.74, 6) is 1.79. The van der Waals surface area contributed by atoms with Gasteiger partial charge in [0, 0.05) is 37.2 Å². The Kier molecular flexibility index (Phi) is 4.16. The average Bonchev–Trinajstić information content (AvgIpc) is 3.18. The lowest BCUT2D eigenvalue weighted by Crippen LogP contribution is -2.53. The van der Waals surface area contributed by atoms with E-state index >= 15 is 0 Å². The van der Waals surface area contributed by atoms with Gasteiger partial charge in [-0.15, -0.1) is 0 Å². The second-order valence-electron chi connectivity index (χ2n) is 7.14. The quantitative estimate of drug-likeness (QED) is 0.838. The Hall–Kier alpha value is -0.620. The van der Waals surface area contributed by atoms with E-state index in [-0.39, 0.29) is 0 Å². The zero-order valence-corrected chi connectivity index (χ0v) is 14.8. The van der Waals surface area contributed by atoms with Crippen molar-refractivity contribution in [3.8, 4) is 0 Å². The van der Waals surface area contributed by atoms with Crippen LogP contribution in [0.5, 0.6) is 0 Å². The maximum absolute atomic E-state index is 12.7. The van der Waals surface area contributed by atoms with Gasteiger partial charge in [0.1, 0.15) is 0 Å². The minimum absolute atomic E-state index is 0.343. The van der Waals surface area contributed by atoms with Crippen molar-refractivity contribution >= 4 is 21.6 Å². The van der Waals surface area contributed by atoms with Crippen LogP contribution in [0.4, 0.5) is 0 Å². The van der Waals surface area contributed by atoms with Crippen molar-refractivity contribution in [2.24, 2.45) is 11.8 Å². The Morgan fingerprint density at radius 1 is 0.957 bits per heavy atom. The molecule has 6 heteroatoms. The monoisotopic (exact) mass is 354 g/mol. The number of rotatable bonds is 3. The van der Waals surface area contributed by atoms with Gasteiger partial charge in [-0.2, -0.15) is 4.31 Å². The standard InChI is InChI=1S/C17H23ClN2O2S/c18-15-3-5-16(6-4-15)23(21,22)20-9-7-19(8-10-20)17-12-13-1-2-14(17)11-13/h3-6,13-14,17H,1-2,7-12H2/t13-,14-,17-/m1/s1. The lowest BCUT2D eigenvalue weighted by atomic mass is 9.93. The predicted octanol–water partition coefficient (Wildman–Crippen LogP) is 2.83. The zero-order valence-electron chi connectivity index (χ0n) is 13.2. The van der Waals surface area contributed by atoms with Gasteiger partial charge in [-0.25, -0.2) is 8.42 Å².